The molecule has 1 amide bonds. The van der Waals surface area contributed by atoms with Crippen molar-refractivity contribution in [1.82, 2.24) is 10.3 Å². The van der Waals surface area contributed by atoms with Gasteiger partial charge >= 0.3 is 0 Å². The van der Waals surface area contributed by atoms with Crippen LogP contribution in [-0.2, 0) is 159 Å². The summed E-state index contributed by atoms with van der Waals surface area (Å²) < 4.78 is 194. The lowest BCUT2D eigenvalue weighted by Gasteiger charge is -2.31. The van der Waals surface area contributed by atoms with Crippen molar-refractivity contribution < 1.29 is 213 Å². The fraction of sp³-hybridized carbons (Fsp3) is 0.692. The molecule has 0 radical (unpaired) electrons. The number of unbranched alkanes of at least 4 members (excludes halogenated alkanes) is 17. The molecule has 5 aromatic rings. The fourth-order valence-electron chi connectivity index (χ4n) is 14.9. The maximum absolute atomic E-state index is 12.9. The van der Waals surface area contributed by atoms with Crippen molar-refractivity contribution in [3.8, 4) is 22.3 Å². The fourth-order valence-corrected chi connectivity index (χ4v) is 22.4. The van der Waals surface area contributed by atoms with Crippen molar-refractivity contribution in [3.63, 3.8) is 0 Å². The second kappa shape index (κ2) is 67.2. The van der Waals surface area contributed by atoms with Gasteiger partial charge in [-0.05, 0) is 145 Å². The molecular formula is C91H144N2O45P8-8. The summed E-state index contributed by atoms with van der Waals surface area (Å²) in [5, 5.41) is 79.8. The maximum Gasteiger partial charge on any atom is 0.268 e. The molecule has 0 saturated carbocycles. The number of amides is 1. The van der Waals surface area contributed by atoms with Gasteiger partial charge in [0.05, 0.1) is 122 Å². The molecular weight excluding hydrogens is 2090 g/mol. The lowest BCUT2D eigenvalue weighted by Crippen LogP contribution is -2.37. The van der Waals surface area contributed by atoms with Crippen molar-refractivity contribution in [2.75, 3.05) is 99.0 Å². The van der Waals surface area contributed by atoms with Crippen LogP contribution in [0.3, 0.4) is 0 Å². The molecule has 9 N–H and O–H groups in total. The van der Waals surface area contributed by atoms with Gasteiger partial charge < -0.3 is 177 Å². The molecule has 4 fully saturated rings. The number of phosphoric acid groups is 8. The van der Waals surface area contributed by atoms with Gasteiger partial charge in [0.15, 0.2) is 0 Å². The van der Waals surface area contributed by atoms with Crippen LogP contribution in [0.2, 0.25) is 0 Å². The predicted octanol–water partition coefficient (Wildman–Crippen LogP) is 8.36. The zero-order valence-corrected chi connectivity index (χ0v) is 90.5. The molecule has 20 atom stereocenters. The van der Waals surface area contributed by atoms with Crippen LogP contribution < -0.4 is 44.5 Å². The topological polar surface area (TPSA) is 709 Å². The molecule has 9 rings (SSSR count). The smallest absolute Gasteiger partial charge is 0.268 e. The minimum Gasteiger partial charge on any atom is -0.756 e. The molecule has 55 heteroatoms. The molecule has 4 aliphatic rings. The molecule has 4 aliphatic heterocycles. The van der Waals surface area contributed by atoms with Gasteiger partial charge in [-0.25, -0.2) is 0 Å². The average molecular weight is 2230 g/mol. The SMILES string of the molecule is CC(C)OP(=O)([O-])OC[C@H]1OC[C@H](O)[C@@H]1OP(=O)([O-])OCCCCCCCCCCCCO.CC(C)OP(=O)([O-])OC[C@H]1OC[C@H](O)[C@@H]1OP(=O)([O-])OCCCCCCCCCCO.CC(C)OP(=O)([O-])OC[C@H]1OC[C@H](O)[C@@H]1OP(=O)([O-])OCCCCNC(=O)Cc1cnc2c(CCO)cccc2c1-c1ccccc1.CC(C)OP(=O)([O-])OC[C@H]1OC[C@H](O)[C@@H]1OP(=O)([O-])OCc1ccc(-c2ccc(CO)cc2)cc1. The van der Waals surface area contributed by atoms with Crippen LogP contribution in [0, 0.1) is 0 Å². The largest absolute Gasteiger partial charge is 0.756 e. The first-order valence-electron chi connectivity index (χ1n) is 48.6. The first-order chi connectivity index (χ1) is 69.0. The van der Waals surface area contributed by atoms with Crippen LogP contribution >= 0.6 is 62.6 Å². The number of hydrogen-bond acceptors (Lipinski definition) is 46. The number of hydrogen-bond donors (Lipinski definition) is 9. The van der Waals surface area contributed by atoms with E-state index in [1.165, 1.54) is 61.8 Å². The number of nitrogens with zero attached hydrogens (tertiary/aromatic N) is 1. The predicted molar refractivity (Wildman–Crippen MR) is 514 cm³/mol. The quantitative estimate of drug-likeness (QED) is 0.0130. The Kier molecular flexibility index (Phi) is 60.2. The van der Waals surface area contributed by atoms with Gasteiger partial charge in [-0.3, -0.25) is 46.3 Å². The normalized spacial score (nSPS) is 23.4. The zero-order chi connectivity index (χ0) is 108. The summed E-state index contributed by atoms with van der Waals surface area (Å²) in [5.41, 5.74) is 7.43. The number of aromatic nitrogens is 1. The molecule has 4 saturated heterocycles. The van der Waals surface area contributed by atoms with Crippen LogP contribution in [-0.4, -0.2) is 248 Å². The Hall–Kier alpha value is -3.84. The molecule has 0 bridgehead atoms. The van der Waals surface area contributed by atoms with Crippen LogP contribution in [0.25, 0.3) is 33.2 Å². The van der Waals surface area contributed by atoms with E-state index in [4.69, 9.17) is 88.6 Å². The Balaban J connectivity index is 0.000000302. The summed E-state index contributed by atoms with van der Waals surface area (Å²) in [5.74, 6) is -0.238. The monoisotopic (exact) mass is 2230 g/mol. The third kappa shape index (κ3) is 52.1. The molecule has 836 valence electrons. The highest BCUT2D eigenvalue weighted by Gasteiger charge is 2.45. The van der Waals surface area contributed by atoms with E-state index in [1.54, 1.807) is 30.5 Å². The van der Waals surface area contributed by atoms with Crippen molar-refractivity contribution in [2.24, 2.45) is 0 Å². The second-order valence-corrected chi connectivity index (χ2v) is 46.5. The van der Waals surface area contributed by atoms with E-state index in [1.807, 2.05) is 72.8 Å². The highest BCUT2D eigenvalue weighted by atomic mass is 31.2. The molecule has 1 aromatic heterocycles. The minimum atomic E-state index is -4.91. The number of benzene rings is 4. The van der Waals surface area contributed by atoms with Crippen LogP contribution in [0.15, 0.2) is 103 Å². The van der Waals surface area contributed by atoms with Gasteiger partial charge in [-0.15, -0.1) is 0 Å². The summed E-state index contributed by atoms with van der Waals surface area (Å²) in [7, 11) is -37.8. The van der Waals surface area contributed by atoms with E-state index in [0.717, 1.165) is 146 Å². The lowest BCUT2D eigenvalue weighted by molar-refractivity contribution is -0.239. The van der Waals surface area contributed by atoms with Gasteiger partial charge in [-0.2, -0.15) is 0 Å². The van der Waals surface area contributed by atoms with E-state index < -0.39 is 187 Å². The Morgan fingerprint density at radius 2 is 0.685 bits per heavy atom. The number of carbonyl (C=O) groups is 1. The van der Waals surface area contributed by atoms with Gasteiger partial charge in [0.25, 0.3) is 62.6 Å². The third-order valence-corrected chi connectivity index (χ3v) is 30.3. The zero-order valence-electron chi connectivity index (χ0n) is 83.3. The maximum atomic E-state index is 12.9. The average Bonchev–Trinajstić information content (AvgIpc) is 1.00. The highest BCUT2D eigenvalue weighted by molar-refractivity contribution is 7.47. The Labute approximate surface area is 852 Å². The van der Waals surface area contributed by atoms with Gasteiger partial charge in [0, 0.05) is 37.9 Å². The first kappa shape index (κ1) is 131. The summed E-state index contributed by atoms with van der Waals surface area (Å²) >= 11 is 0. The molecule has 146 heavy (non-hydrogen) atoms. The number of fused-ring (bicyclic) bond motifs is 1. The summed E-state index contributed by atoms with van der Waals surface area (Å²) in [6, 6.07) is 29.8. The molecule has 4 aromatic carbocycles. The second-order valence-electron chi connectivity index (χ2n) is 35.6. The van der Waals surface area contributed by atoms with Crippen molar-refractivity contribution >= 4 is 79.4 Å². The number of ether oxygens (including phenoxy) is 4. The lowest BCUT2D eigenvalue weighted by atomic mass is 9.93. The number of aliphatic hydroxyl groups is 8. The van der Waals surface area contributed by atoms with E-state index in [0.29, 0.717) is 31.2 Å². The van der Waals surface area contributed by atoms with Crippen LogP contribution in [0.1, 0.15) is 206 Å². The molecule has 0 aliphatic carbocycles. The standard InChI is InChI=1S/C31H42N2O12P2.C22H30O11P2.C20H42O11P2.C18H38O11P2/c1-21(2)44-47(39,40)43-20-27-31(26(35)19-41-27)45-46(37,38)42-16-7-6-14-32-28(36)17-24-18-33-30-23(13-15-34)11-8-12-25(30)29(24)22-9-4-3-5-10-22;1-15(2)32-34(25,26)31-14-21-22(20(24)13-29-21)33-35(27,28)30-12-17-5-9-19(10-6-17)18-7-3-16(11-23)4-8-18;1-17(2)30-33(25,26)29-16-19-20(18(22)15-27-19)31-32(23,24)28-14-12-10-8-6-4-3-5-7-9-11-13-21;1-15(2)28-31(23,24)27-14-17-18(16(20)13-25-17)29-30(21,22)26-12-10-8-6-4-3-5-7-9-11-19/h3-5,8-12,18,21,26-27,31,34-35H,6-7,13-17,19-20H2,1-2H3,(H,32,36)(H,37,38)(H,39,40);3-10,15,20-24H,11-14H2,1-2H3,(H,25,26)(H,27,28);17-22H,3-16H2,1-2H3,(H,23,24)(H,25,26);15-20H,3-14H2,1-2H3,(H,21,22)(H,23,24)/p-8/t26-,27+,31-;20-,21+,22-;18-,19+,20-;16-,17+,18-/m0000/s1. The summed E-state index contributed by atoms with van der Waals surface area (Å²) in [4.78, 5) is 113. The Morgan fingerprint density at radius 1 is 0.363 bits per heavy atom. The van der Waals surface area contributed by atoms with Crippen molar-refractivity contribution in [2.45, 2.75) is 308 Å². The number of phosphoric ester groups is 8. The van der Waals surface area contributed by atoms with Gasteiger partial charge in [0.1, 0.15) is 73.2 Å². The first-order valence-corrected chi connectivity index (χ1v) is 60.3. The number of rotatable bonds is 68. The van der Waals surface area contributed by atoms with Gasteiger partial charge in [-0.1, -0.05) is 187 Å². The van der Waals surface area contributed by atoms with E-state index in [9.17, 15) is 106 Å². The van der Waals surface area contributed by atoms with Crippen molar-refractivity contribution in [1.29, 1.82) is 0 Å². The third-order valence-electron chi connectivity index (χ3n) is 21.8. The molecule has 8 unspecified atom stereocenters. The summed E-state index contributed by atoms with van der Waals surface area (Å²) in [6.07, 6.45) is 2.21. The van der Waals surface area contributed by atoms with Crippen molar-refractivity contribution in [3.05, 3.63) is 126 Å². The van der Waals surface area contributed by atoms with E-state index in [2.05, 4.69) is 28.4 Å². The Morgan fingerprint density at radius 3 is 1.01 bits per heavy atom. The van der Waals surface area contributed by atoms with E-state index in [-0.39, 0.29) is 105 Å². The van der Waals surface area contributed by atoms with Gasteiger partial charge in [0.2, 0.25) is 5.91 Å². The number of aliphatic hydroxyl groups excluding tert-OH is 8. The Bertz CT molecular complexity index is 4950. The highest BCUT2D eigenvalue weighted by Crippen LogP contribution is 2.51. The van der Waals surface area contributed by atoms with Crippen LogP contribution in [0.4, 0.5) is 0 Å². The number of carbonyl (C=O) groups excluding carboxylic acids is 1. The number of nitrogens with one attached hydrogen (secondary N) is 1. The van der Waals surface area contributed by atoms with Crippen LogP contribution in [0.5, 0.6) is 0 Å². The molecule has 47 nitrogen and oxygen atoms in total. The summed E-state index contributed by atoms with van der Waals surface area (Å²) in [6.45, 7) is 8.74. The number of pyridine rings is 1. The molecule has 0 spiro atoms. The molecule has 5 heterocycles. The van der Waals surface area contributed by atoms with E-state index >= 15 is 0 Å². The minimum absolute atomic E-state index is 0.00605. The number of para-hydroxylation sites is 1.